The quantitative estimate of drug-likeness (QED) is 0.692. The number of unbranched alkanes of at least 4 members (excludes halogenated alkanes) is 2. The van der Waals surface area contributed by atoms with E-state index in [2.05, 4.69) is 6.92 Å². The molecule has 0 aromatic rings. The number of rotatable bonds is 7. The fourth-order valence-corrected chi connectivity index (χ4v) is 1.80. The monoisotopic (exact) mass is 242 g/mol. The Balaban J connectivity index is 2.43. The van der Waals surface area contributed by atoms with Crippen LogP contribution < -0.4 is 0 Å². The number of hydrogen-bond acceptors (Lipinski definition) is 2. The second-order valence-electron chi connectivity index (χ2n) is 4.66. The zero-order valence-corrected chi connectivity index (χ0v) is 10.7. The van der Waals surface area contributed by atoms with E-state index in [-0.39, 0.29) is 18.6 Å². The molecular formula is C12H22N2O3. The number of nitrogens with zero attached hydrogens (tertiary/aromatic N) is 2. The van der Waals surface area contributed by atoms with Crippen LogP contribution in [0.4, 0.5) is 4.79 Å². The molecule has 0 radical (unpaired) electrons. The number of carbonyl (C=O) groups is 2. The van der Waals surface area contributed by atoms with E-state index < -0.39 is 5.97 Å². The molecule has 0 aromatic heterocycles. The molecule has 1 N–H and O–H groups in total. The highest BCUT2D eigenvalue weighted by atomic mass is 16.4. The van der Waals surface area contributed by atoms with Gasteiger partial charge >= 0.3 is 12.0 Å². The van der Waals surface area contributed by atoms with Crippen molar-refractivity contribution in [1.82, 2.24) is 9.80 Å². The van der Waals surface area contributed by atoms with E-state index >= 15 is 0 Å². The molecule has 1 aliphatic carbocycles. The molecule has 0 heterocycles. The van der Waals surface area contributed by atoms with E-state index in [1.54, 1.807) is 11.9 Å². The number of carbonyl (C=O) groups excluding carboxylic acids is 1. The summed E-state index contributed by atoms with van der Waals surface area (Å²) in [5.41, 5.74) is 0. The maximum atomic E-state index is 12.0. The van der Waals surface area contributed by atoms with Crippen molar-refractivity contribution in [3.8, 4) is 0 Å². The van der Waals surface area contributed by atoms with Crippen molar-refractivity contribution in [2.75, 3.05) is 20.1 Å². The van der Waals surface area contributed by atoms with E-state index in [9.17, 15) is 9.59 Å². The first-order valence-electron chi connectivity index (χ1n) is 6.29. The summed E-state index contributed by atoms with van der Waals surface area (Å²) in [4.78, 5) is 25.9. The highest BCUT2D eigenvalue weighted by Crippen LogP contribution is 2.27. The molecule has 5 nitrogen and oxygen atoms in total. The number of aliphatic carboxylic acids is 1. The SMILES string of the molecule is CCCCCN(C)C(=O)N(CC(=O)O)C1CC1. The van der Waals surface area contributed by atoms with E-state index in [1.807, 2.05) is 0 Å². The lowest BCUT2D eigenvalue weighted by molar-refractivity contribution is -0.137. The zero-order valence-electron chi connectivity index (χ0n) is 10.7. The van der Waals surface area contributed by atoms with Crippen LogP contribution in [0.3, 0.4) is 0 Å². The van der Waals surface area contributed by atoms with Gasteiger partial charge in [-0.15, -0.1) is 0 Å². The minimum Gasteiger partial charge on any atom is -0.480 e. The second kappa shape index (κ2) is 6.47. The molecule has 2 amide bonds. The number of hydrogen-bond donors (Lipinski definition) is 1. The van der Waals surface area contributed by atoms with Crippen molar-refractivity contribution in [2.45, 2.75) is 45.1 Å². The van der Waals surface area contributed by atoms with Gasteiger partial charge in [0.05, 0.1) is 0 Å². The zero-order chi connectivity index (χ0) is 12.8. The molecule has 1 fully saturated rings. The van der Waals surface area contributed by atoms with E-state index in [1.165, 1.54) is 4.90 Å². The molecule has 0 unspecified atom stereocenters. The van der Waals surface area contributed by atoms with Crippen LogP contribution in [0.1, 0.15) is 39.0 Å². The molecule has 5 heteroatoms. The van der Waals surface area contributed by atoms with Gasteiger partial charge < -0.3 is 14.9 Å². The van der Waals surface area contributed by atoms with Crippen LogP contribution in [0.5, 0.6) is 0 Å². The van der Waals surface area contributed by atoms with Crippen LogP contribution in [-0.4, -0.2) is 53.1 Å². The molecule has 1 saturated carbocycles. The first-order chi connectivity index (χ1) is 8.06. The summed E-state index contributed by atoms with van der Waals surface area (Å²) in [6.07, 6.45) is 5.05. The van der Waals surface area contributed by atoms with Gasteiger partial charge in [-0.25, -0.2) is 4.79 Å². The van der Waals surface area contributed by atoms with Gasteiger partial charge in [0.15, 0.2) is 0 Å². The topological polar surface area (TPSA) is 60.9 Å². The van der Waals surface area contributed by atoms with E-state index in [0.717, 1.165) is 32.1 Å². The van der Waals surface area contributed by atoms with Gasteiger partial charge in [0.1, 0.15) is 6.54 Å². The van der Waals surface area contributed by atoms with Gasteiger partial charge in [-0.3, -0.25) is 4.79 Å². The first kappa shape index (κ1) is 13.8. The van der Waals surface area contributed by atoms with Crippen LogP contribution in [0.2, 0.25) is 0 Å². The Morgan fingerprint density at radius 2 is 1.94 bits per heavy atom. The average Bonchev–Trinajstić information content (AvgIpc) is 3.08. The maximum Gasteiger partial charge on any atom is 0.323 e. The Labute approximate surface area is 102 Å². The standard InChI is InChI=1S/C12H22N2O3/c1-3-4-5-8-13(2)12(17)14(9-11(15)16)10-6-7-10/h10H,3-9H2,1-2H3,(H,15,16). The molecule has 0 atom stereocenters. The lowest BCUT2D eigenvalue weighted by Gasteiger charge is -2.27. The predicted octanol–water partition coefficient (Wildman–Crippen LogP) is 1.78. The maximum absolute atomic E-state index is 12.0. The highest BCUT2D eigenvalue weighted by Gasteiger charge is 2.35. The van der Waals surface area contributed by atoms with E-state index in [4.69, 9.17) is 5.11 Å². The van der Waals surface area contributed by atoms with Crippen LogP contribution in [0.25, 0.3) is 0 Å². The lowest BCUT2D eigenvalue weighted by atomic mass is 10.2. The average molecular weight is 242 g/mol. The Morgan fingerprint density at radius 3 is 2.41 bits per heavy atom. The van der Waals surface area contributed by atoms with Gasteiger partial charge in [0.2, 0.25) is 0 Å². The summed E-state index contributed by atoms with van der Waals surface area (Å²) in [5.74, 6) is -0.938. The summed E-state index contributed by atoms with van der Waals surface area (Å²) in [6, 6.07) is -0.00164. The Kier molecular flexibility index (Phi) is 5.25. The molecule has 0 bridgehead atoms. The van der Waals surface area contributed by atoms with Crippen LogP contribution >= 0.6 is 0 Å². The van der Waals surface area contributed by atoms with Crippen molar-refractivity contribution < 1.29 is 14.7 Å². The number of urea groups is 1. The van der Waals surface area contributed by atoms with E-state index in [0.29, 0.717) is 6.54 Å². The number of carboxylic acid groups (broad SMARTS) is 1. The van der Waals surface area contributed by atoms with Crippen molar-refractivity contribution in [3.05, 3.63) is 0 Å². The third-order valence-corrected chi connectivity index (χ3v) is 2.96. The van der Waals surface area contributed by atoms with Crippen molar-refractivity contribution >= 4 is 12.0 Å². The third kappa shape index (κ3) is 4.63. The summed E-state index contributed by atoms with van der Waals surface area (Å²) in [6.45, 7) is 2.64. The van der Waals surface area contributed by atoms with Crippen LogP contribution in [0, 0.1) is 0 Å². The molecule has 98 valence electrons. The van der Waals surface area contributed by atoms with Gasteiger partial charge in [0.25, 0.3) is 0 Å². The first-order valence-corrected chi connectivity index (χ1v) is 6.29. The summed E-state index contributed by atoms with van der Waals surface area (Å²) < 4.78 is 0. The molecule has 17 heavy (non-hydrogen) atoms. The molecular weight excluding hydrogens is 220 g/mol. The summed E-state index contributed by atoms with van der Waals surface area (Å²) in [5, 5.41) is 8.79. The molecule has 0 spiro atoms. The Hall–Kier alpha value is -1.26. The molecule has 1 rings (SSSR count). The van der Waals surface area contributed by atoms with Crippen LogP contribution in [-0.2, 0) is 4.79 Å². The van der Waals surface area contributed by atoms with Gasteiger partial charge in [-0.1, -0.05) is 19.8 Å². The van der Waals surface area contributed by atoms with Gasteiger partial charge in [0, 0.05) is 19.6 Å². The second-order valence-corrected chi connectivity index (χ2v) is 4.66. The third-order valence-electron chi connectivity index (χ3n) is 2.96. The highest BCUT2D eigenvalue weighted by molar-refractivity contribution is 5.80. The number of amides is 2. The minimum absolute atomic E-state index is 0.146. The molecule has 0 saturated heterocycles. The number of carboxylic acids is 1. The largest absolute Gasteiger partial charge is 0.480 e. The Bertz CT molecular complexity index is 277. The molecule has 0 aromatic carbocycles. The summed E-state index contributed by atoms with van der Waals surface area (Å²) >= 11 is 0. The van der Waals surface area contributed by atoms with Crippen molar-refractivity contribution in [3.63, 3.8) is 0 Å². The fraction of sp³-hybridized carbons (Fsp3) is 0.833. The molecule has 0 aliphatic heterocycles. The molecule has 1 aliphatic rings. The predicted molar refractivity (Wildman–Crippen MR) is 64.9 cm³/mol. The summed E-state index contributed by atoms with van der Waals surface area (Å²) in [7, 11) is 1.75. The van der Waals surface area contributed by atoms with Crippen molar-refractivity contribution in [2.24, 2.45) is 0 Å². The minimum atomic E-state index is -0.938. The van der Waals surface area contributed by atoms with Gasteiger partial charge in [-0.2, -0.15) is 0 Å². The normalized spacial score (nSPS) is 14.5. The Morgan fingerprint density at radius 1 is 1.29 bits per heavy atom. The smallest absolute Gasteiger partial charge is 0.323 e. The van der Waals surface area contributed by atoms with Crippen molar-refractivity contribution in [1.29, 1.82) is 0 Å². The lowest BCUT2D eigenvalue weighted by Crippen LogP contribution is -2.45. The van der Waals surface area contributed by atoms with Gasteiger partial charge in [-0.05, 0) is 19.3 Å². The van der Waals surface area contributed by atoms with Crippen LogP contribution in [0.15, 0.2) is 0 Å². The fourth-order valence-electron chi connectivity index (χ4n) is 1.80.